The Kier molecular flexibility index (Phi) is 19.8. The number of rotatable bonds is 20. The number of hydrazine groups is 1. The zero-order chi connectivity index (χ0) is 19.3. The van der Waals surface area contributed by atoms with Gasteiger partial charge in [-0.2, -0.15) is 0 Å². The van der Waals surface area contributed by atoms with Crippen molar-refractivity contribution in [1.82, 2.24) is 10.4 Å². The highest BCUT2D eigenvalue weighted by molar-refractivity contribution is 5.68. The van der Waals surface area contributed by atoms with Crippen molar-refractivity contribution >= 4 is 5.97 Å². The number of aliphatic carboxylic acids is 1. The van der Waals surface area contributed by atoms with Crippen LogP contribution in [0.1, 0.15) is 104 Å². The molecular formula is C22H44N2O2. The van der Waals surface area contributed by atoms with Crippen LogP contribution in [0.2, 0.25) is 0 Å². The summed E-state index contributed by atoms with van der Waals surface area (Å²) in [6, 6.07) is 0. The van der Waals surface area contributed by atoms with Gasteiger partial charge in [-0.1, -0.05) is 83.8 Å². The summed E-state index contributed by atoms with van der Waals surface area (Å²) < 4.78 is 0. The van der Waals surface area contributed by atoms with Crippen molar-refractivity contribution in [3.63, 3.8) is 0 Å². The second-order valence-corrected chi connectivity index (χ2v) is 7.25. The molecule has 0 spiro atoms. The Morgan fingerprint density at radius 1 is 0.808 bits per heavy atom. The van der Waals surface area contributed by atoms with Gasteiger partial charge in [-0.3, -0.25) is 10.2 Å². The molecule has 0 aliphatic heterocycles. The van der Waals surface area contributed by atoms with E-state index in [1.54, 1.807) is 5.01 Å². The lowest BCUT2D eigenvalue weighted by Gasteiger charge is -2.19. The summed E-state index contributed by atoms with van der Waals surface area (Å²) in [4.78, 5) is 10.7. The Hall–Kier alpha value is -0.870. The van der Waals surface area contributed by atoms with Crippen molar-refractivity contribution in [2.24, 2.45) is 0 Å². The lowest BCUT2D eigenvalue weighted by molar-refractivity contribution is -0.139. The maximum Gasteiger partial charge on any atom is 0.319 e. The molecule has 0 amide bonds. The summed E-state index contributed by atoms with van der Waals surface area (Å²) in [6.07, 6.45) is 23.1. The molecule has 0 heterocycles. The molecule has 4 heteroatoms. The predicted octanol–water partition coefficient (Wildman–Crippen LogP) is 5.94. The van der Waals surface area contributed by atoms with E-state index in [2.05, 4.69) is 24.5 Å². The van der Waals surface area contributed by atoms with Gasteiger partial charge in [0.1, 0.15) is 6.54 Å². The molecule has 0 bridgehead atoms. The van der Waals surface area contributed by atoms with Crippen LogP contribution in [-0.4, -0.2) is 35.7 Å². The summed E-state index contributed by atoms with van der Waals surface area (Å²) in [5.74, 6) is -0.777. The van der Waals surface area contributed by atoms with E-state index in [4.69, 9.17) is 5.11 Å². The Morgan fingerprint density at radius 3 is 1.81 bits per heavy atom. The summed E-state index contributed by atoms with van der Waals surface area (Å²) in [6.45, 7) is 5.91. The van der Waals surface area contributed by atoms with Crippen LogP contribution in [0.3, 0.4) is 0 Å². The molecule has 4 nitrogen and oxygen atoms in total. The predicted molar refractivity (Wildman–Crippen MR) is 112 cm³/mol. The van der Waals surface area contributed by atoms with Gasteiger partial charge in [0.05, 0.1) is 0 Å². The molecule has 0 aromatic rings. The zero-order valence-electron chi connectivity index (χ0n) is 17.5. The molecule has 2 N–H and O–H groups in total. The molecule has 0 aliphatic carbocycles. The van der Waals surface area contributed by atoms with Gasteiger partial charge in [0, 0.05) is 13.1 Å². The second kappa shape index (κ2) is 20.4. The largest absolute Gasteiger partial charge is 0.480 e. The van der Waals surface area contributed by atoms with E-state index < -0.39 is 5.97 Å². The quantitative estimate of drug-likeness (QED) is 0.159. The first-order valence-electron chi connectivity index (χ1n) is 11.1. The third-order valence-corrected chi connectivity index (χ3v) is 4.73. The van der Waals surface area contributed by atoms with E-state index in [1.165, 1.54) is 83.5 Å². The van der Waals surface area contributed by atoms with Crippen LogP contribution in [0, 0.1) is 0 Å². The Morgan fingerprint density at radius 2 is 1.31 bits per heavy atom. The lowest BCUT2D eigenvalue weighted by atomic mass is 10.1. The standard InChI is InChI=1S/C22H44N2O2/c1-3-5-6-7-8-9-10-11-12-13-14-15-16-17-18-19-20-23-24(4-2)21-22(25)26/h11-12,23H,3-10,13-21H2,1-2H3,(H,25,26)/b12-11-. The molecule has 0 unspecified atom stereocenters. The van der Waals surface area contributed by atoms with Gasteiger partial charge in [-0.15, -0.1) is 0 Å². The zero-order valence-corrected chi connectivity index (χ0v) is 17.5. The highest BCUT2D eigenvalue weighted by atomic mass is 16.4. The van der Waals surface area contributed by atoms with Gasteiger partial charge in [0.2, 0.25) is 0 Å². The van der Waals surface area contributed by atoms with Crippen molar-refractivity contribution in [3.05, 3.63) is 12.2 Å². The monoisotopic (exact) mass is 368 g/mol. The highest BCUT2D eigenvalue weighted by Gasteiger charge is 2.05. The fraction of sp³-hybridized carbons (Fsp3) is 0.864. The van der Waals surface area contributed by atoms with Gasteiger partial charge < -0.3 is 5.11 Å². The first-order chi connectivity index (χ1) is 12.7. The molecule has 0 saturated carbocycles. The van der Waals surface area contributed by atoms with Crippen molar-refractivity contribution in [3.8, 4) is 0 Å². The molecular weight excluding hydrogens is 324 g/mol. The van der Waals surface area contributed by atoms with Gasteiger partial charge in [0.15, 0.2) is 0 Å². The van der Waals surface area contributed by atoms with Gasteiger partial charge >= 0.3 is 5.97 Å². The molecule has 0 aromatic carbocycles. The molecule has 0 aliphatic rings. The number of nitrogens with one attached hydrogen (secondary N) is 1. The van der Waals surface area contributed by atoms with E-state index in [0.717, 1.165) is 19.5 Å². The summed E-state index contributed by atoms with van der Waals surface area (Å²) >= 11 is 0. The molecule has 0 aromatic heterocycles. The molecule has 0 radical (unpaired) electrons. The van der Waals surface area contributed by atoms with Crippen molar-refractivity contribution < 1.29 is 9.90 Å². The summed E-state index contributed by atoms with van der Waals surface area (Å²) in [5, 5.41) is 10.5. The maximum atomic E-state index is 10.7. The Labute approximate surface area is 162 Å². The van der Waals surface area contributed by atoms with Crippen molar-refractivity contribution in [2.75, 3.05) is 19.6 Å². The molecule has 0 saturated heterocycles. The van der Waals surface area contributed by atoms with Crippen LogP contribution in [0.4, 0.5) is 0 Å². The van der Waals surface area contributed by atoms with Crippen LogP contribution in [0.25, 0.3) is 0 Å². The smallest absolute Gasteiger partial charge is 0.319 e. The number of hydrogen-bond donors (Lipinski definition) is 2. The number of unbranched alkanes of at least 4 members (excludes halogenated alkanes) is 12. The molecule has 26 heavy (non-hydrogen) atoms. The normalized spacial score (nSPS) is 11.7. The third kappa shape index (κ3) is 19.5. The molecule has 0 atom stereocenters. The van der Waals surface area contributed by atoms with E-state index in [9.17, 15) is 4.79 Å². The minimum absolute atomic E-state index is 0.0723. The number of allylic oxidation sites excluding steroid dienone is 2. The molecule has 0 rings (SSSR count). The van der Waals surface area contributed by atoms with E-state index in [0.29, 0.717) is 0 Å². The first-order valence-corrected chi connectivity index (χ1v) is 11.1. The van der Waals surface area contributed by atoms with Crippen molar-refractivity contribution in [1.29, 1.82) is 0 Å². The number of nitrogens with zero attached hydrogens (tertiary/aromatic N) is 1. The Balaban J connectivity index is 3.23. The number of carboxylic acid groups (broad SMARTS) is 1. The maximum absolute atomic E-state index is 10.7. The van der Waals surface area contributed by atoms with Crippen LogP contribution >= 0.6 is 0 Å². The third-order valence-electron chi connectivity index (χ3n) is 4.73. The van der Waals surface area contributed by atoms with Gasteiger partial charge in [-0.25, -0.2) is 5.01 Å². The average molecular weight is 369 g/mol. The topological polar surface area (TPSA) is 52.6 Å². The SMILES string of the molecule is CCCCCCCC/C=C\CCCCCCCCNN(CC)CC(=O)O. The van der Waals surface area contributed by atoms with E-state index in [1.807, 2.05) is 6.92 Å². The molecule has 0 fully saturated rings. The number of carbonyl (C=O) groups is 1. The highest BCUT2D eigenvalue weighted by Crippen LogP contribution is 2.09. The van der Waals surface area contributed by atoms with Crippen molar-refractivity contribution in [2.45, 2.75) is 104 Å². The summed E-state index contributed by atoms with van der Waals surface area (Å²) in [5.41, 5.74) is 3.19. The van der Waals surface area contributed by atoms with Gasteiger partial charge in [0.25, 0.3) is 0 Å². The van der Waals surface area contributed by atoms with E-state index >= 15 is 0 Å². The minimum atomic E-state index is -0.777. The fourth-order valence-corrected chi connectivity index (χ4v) is 3.05. The van der Waals surface area contributed by atoms with Gasteiger partial charge in [-0.05, 0) is 32.1 Å². The summed E-state index contributed by atoms with van der Waals surface area (Å²) in [7, 11) is 0. The molecule has 154 valence electrons. The number of hydrogen-bond acceptors (Lipinski definition) is 3. The average Bonchev–Trinajstić information content (AvgIpc) is 2.63. The minimum Gasteiger partial charge on any atom is -0.480 e. The number of carboxylic acids is 1. The van der Waals surface area contributed by atoms with Crippen LogP contribution in [0.15, 0.2) is 12.2 Å². The Bertz CT molecular complexity index is 332. The number of likely N-dealkylation sites (N-methyl/N-ethyl adjacent to an activating group) is 1. The fourth-order valence-electron chi connectivity index (χ4n) is 3.05. The lowest BCUT2D eigenvalue weighted by Crippen LogP contribution is -2.41. The van der Waals surface area contributed by atoms with Crippen LogP contribution in [-0.2, 0) is 4.79 Å². The van der Waals surface area contributed by atoms with E-state index in [-0.39, 0.29) is 6.54 Å². The second-order valence-electron chi connectivity index (χ2n) is 7.25. The first kappa shape index (κ1) is 25.1. The van der Waals surface area contributed by atoms with Crippen LogP contribution in [0.5, 0.6) is 0 Å². The van der Waals surface area contributed by atoms with Crippen LogP contribution < -0.4 is 5.43 Å².